The monoisotopic (exact) mass is 493 g/mol. The molecule has 2 aromatic carbocycles. The average molecular weight is 494 g/mol. The second kappa shape index (κ2) is 23.5. The van der Waals surface area contributed by atoms with Crippen molar-refractivity contribution in [2.45, 2.75) is 73.6 Å². The van der Waals surface area contributed by atoms with E-state index in [1.807, 2.05) is 44.2 Å². The van der Waals surface area contributed by atoms with Crippen LogP contribution in [0, 0.1) is 24.2 Å². The topological polar surface area (TPSA) is 96.1 Å². The van der Waals surface area contributed by atoms with E-state index in [9.17, 15) is 5.11 Å². The Morgan fingerprint density at radius 2 is 1.75 bits per heavy atom. The number of phenols is 1. The summed E-state index contributed by atoms with van der Waals surface area (Å²) in [6.07, 6.45) is 15.1. The van der Waals surface area contributed by atoms with Gasteiger partial charge in [0.15, 0.2) is 0 Å². The molecule has 3 rings (SSSR count). The van der Waals surface area contributed by atoms with Crippen molar-refractivity contribution >= 4 is 11.5 Å². The van der Waals surface area contributed by atoms with Gasteiger partial charge < -0.3 is 16.6 Å². The minimum Gasteiger partial charge on any atom is -0.506 e. The van der Waals surface area contributed by atoms with E-state index in [0.717, 1.165) is 36.7 Å². The highest BCUT2D eigenvalue weighted by Crippen LogP contribution is 2.24. The molecular weight excluding hydrogens is 442 g/mol. The predicted octanol–water partition coefficient (Wildman–Crippen LogP) is 8.61. The van der Waals surface area contributed by atoms with Gasteiger partial charge in [-0.3, -0.25) is 5.41 Å². The molecule has 36 heavy (non-hydrogen) atoms. The van der Waals surface area contributed by atoms with Gasteiger partial charge in [-0.1, -0.05) is 113 Å². The van der Waals surface area contributed by atoms with Crippen LogP contribution in [0.3, 0.4) is 0 Å². The second-order valence-electron chi connectivity index (χ2n) is 8.62. The number of nitrogen functional groups attached to an aromatic ring is 1. The number of nitrogens with two attached hydrogens (primary N) is 2. The Bertz CT molecular complexity index is 872. The third-order valence-electron chi connectivity index (χ3n) is 5.01. The molecule has 4 heteroatoms. The molecule has 1 aliphatic carbocycles. The van der Waals surface area contributed by atoms with E-state index in [0.29, 0.717) is 5.69 Å². The molecule has 2 atom stereocenters. The highest BCUT2D eigenvalue weighted by Gasteiger charge is 2.08. The van der Waals surface area contributed by atoms with Crippen LogP contribution in [0.2, 0.25) is 0 Å². The summed E-state index contributed by atoms with van der Waals surface area (Å²) in [5.41, 5.74) is 13.5. The van der Waals surface area contributed by atoms with Crippen LogP contribution in [-0.4, -0.2) is 10.9 Å². The Labute approximate surface area is 221 Å². The fraction of sp³-hybridized carbons (Fsp3) is 0.406. The molecule has 0 spiro atoms. The normalized spacial score (nSPS) is 15.4. The molecule has 0 amide bonds. The van der Waals surface area contributed by atoms with Crippen LogP contribution in [0.5, 0.6) is 5.75 Å². The molecule has 6 N–H and O–H groups in total. The molecule has 200 valence electrons. The van der Waals surface area contributed by atoms with Crippen LogP contribution < -0.4 is 11.5 Å². The van der Waals surface area contributed by atoms with Crippen molar-refractivity contribution in [1.82, 2.24) is 0 Å². The zero-order chi connectivity index (χ0) is 27.8. The van der Waals surface area contributed by atoms with Gasteiger partial charge in [0, 0.05) is 0 Å². The Balaban J connectivity index is 0. The number of nitrogens with one attached hydrogen (secondary N) is 1. The Morgan fingerprint density at radius 3 is 2.17 bits per heavy atom. The van der Waals surface area contributed by atoms with Crippen LogP contribution in [-0.2, 0) is 6.42 Å². The highest BCUT2D eigenvalue weighted by atomic mass is 16.3. The minimum absolute atomic E-state index is 0.0897. The van der Waals surface area contributed by atoms with E-state index >= 15 is 0 Å². The smallest absolute Gasteiger partial charge is 0.138 e. The lowest BCUT2D eigenvalue weighted by atomic mass is 9.89. The van der Waals surface area contributed by atoms with Crippen molar-refractivity contribution in [2.75, 3.05) is 5.73 Å². The van der Waals surface area contributed by atoms with Gasteiger partial charge in [-0.15, -0.1) is 6.58 Å². The van der Waals surface area contributed by atoms with Crippen molar-refractivity contribution in [1.29, 1.82) is 5.41 Å². The van der Waals surface area contributed by atoms with Crippen LogP contribution in [0.1, 0.15) is 71.4 Å². The Hall–Kier alpha value is -3.27. The third-order valence-corrected chi connectivity index (χ3v) is 5.01. The number of benzene rings is 2. The number of hydrogen-bond donors (Lipinski definition) is 4. The van der Waals surface area contributed by atoms with Crippen molar-refractivity contribution in [3.8, 4) is 5.75 Å². The summed E-state index contributed by atoms with van der Waals surface area (Å²) in [4.78, 5) is 0. The van der Waals surface area contributed by atoms with E-state index in [4.69, 9.17) is 16.9 Å². The van der Waals surface area contributed by atoms with E-state index in [2.05, 4.69) is 58.6 Å². The van der Waals surface area contributed by atoms with E-state index < -0.39 is 0 Å². The Morgan fingerprint density at radius 1 is 1.11 bits per heavy atom. The SMILES string of the molecule is C=CC/C=C/C(=N)N.CC.CC1C=CCC(C)C1.CCCc1cccc(O)c1N.Cc1ccccc1. The molecule has 1 aliphatic rings. The quantitative estimate of drug-likeness (QED) is 0.110. The van der Waals surface area contributed by atoms with Crippen molar-refractivity contribution in [3.63, 3.8) is 0 Å². The van der Waals surface area contributed by atoms with Crippen LogP contribution in [0.15, 0.2) is 85.5 Å². The lowest BCUT2D eigenvalue weighted by Gasteiger charge is -2.16. The first-order valence-electron chi connectivity index (χ1n) is 13.1. The zero-order valence-electron chi connectivity index (χ0n) is 23.5. The summed E-state index contributed by atoms with van der Waals surface area (Å²) in [6.45, 7) is 16.3. The van der Waals surface area contributed by atoms with Gasteiger partial charge in [-0.2, -0.15) is 0 Å². The maximum atomic E-state index is 9.20. The third kappa shape index (κ3) is 20.1. The number of aromatic hydroxyl groups is 1. The number of phenolic OH excluding ortho intramolecular Hbond substituents is 1. The summed E-state index contributed by atoms with van der Waals surface area (Å²) >= 11 is 0. The van der Waals surface area contributed by atoms with Crippen LogP contribution >= 0.6 is 0 Å². The molecular formula is C32H51N3O. The lowest BCUT2D eigenvalue weighted by molar-refractivity contribution is 0.449. The highest BCUT2D eigenvalue weighted by molar-refractivity contribution is 5.88. The number of amidine groups is 1. The maximum Gasteiger partial charge on any atom is 0.138 e. The molecule has 0 bridgehead atoms. The summed E-state index contributed by atoms with van der Waals surface area (Å²) in [6, 6.07) is 15.6. The standard InChI is InChI=1S/C9H13NO.C8H14.C7H8.C6H10N2.C2H6/c1-2-4-7-5-3-6-8(11)9(7)10;1-7-4-3-5-8(2)6-7;1-7-5-3-2-4-6-7;1-2-3-4-5-6(7)8;1-2/h3,5-6,11H,2,4,10H2,1H3;3-4,7-8H,5-6H2,1-2H3;2-6H,1H3;2,4-5H,1,3H2,(H3,7,8);1-2H3/b;;;5-4+;. The molecule has 0 aliphatic heterocycles. The molecule has 4 nitrogen and oxygen atoms in total. The summed E-state index contributed by atoms with van der Waals surface area (Å²) < 4.78 is 0. The molecule has 0 radical (unpaired) electrons. The number of rotatable bonds is 5. The number of allylic oxidation sites excluding steroid dienone is 4. The lowest BCUT2D eigenvalue weighted by Crippen LogP contribution is -2.04. The molecule has 2 aromatic rings. The minimum atomic E-state index is 0.0897. The van der Waals surface area contributed by atoms with Crippen molar-refractivity contribution in [2.24, 2.45) is 17.6 Å². The van der Waals surface area contributed by atoms with Gasteiger partial charge >= 0.3 is 0 Å². The van der Waals surface area contributed by atoms with Crippen LogP contribution in [0.4, 0.5) is 5.69 Å². The number of hydrogen-bond acceptors (Lipinski definition) is 3. The number of anilines is 1. The Kier molecular flexibility index (Phi) is 22.8. The molecule has 0 aromatic heterocycles. The maximum absolute atomic E-state index is 9.20. The van der Waals surface area contributed by atoms with E-state index in [1.165, 1.54) is 18.4 Å². The largest absolute Gasteiger partial charge is 0.506 e. The first-order valence-corrected chi connectivity index (χ1v) is 13.1. The average Bonchev–Trinajstić information content (AvgIpc) is 2.85. The van der Waals surface area contributed by atoms with Gasteiger partial charge in [0.05, 0.1) is 5.69 Å². The van der Waals surface area contributed by atoms with Crippen LogP contribution in [0.25, 0.3) is 0 Å². The fourth-order valence-electron chi connectivity index (χ4n) is 3.27. The summed E-state index contributed by atoms with van der Waals surface area (Å²) in [5.74, 6) is 2.04. The number of para-hydroxylation sites is 1. The van der Waals surface area contributed by atoms with Gasteiger partial charge in [-0.05, 0) is 62.1 Å². The molecule has 0 heterocycles. The van der Waals surface area contributed by atoms with E-state index in [1.54, 1.807) is 24.3 Å². The van der Waals surface area contributed by atoms with Crippen molar-refractivity contribution < 1.29 is 5.11 Å². The van der Waals surface area contributed by atoms with Gasteiger partial charge in [0.2, 0.25) is 0 Å². The first-order chi connectivity index (χ1) is 17.2. The molecule has 0 saturated carbocycles. The second-order valence-corrected chi connectivity index (χ2v) is 8.62. The molecule has 0 fully saturated rings. The molecule has 0 saturated heterocycles. The van der Waals surface area contributed by atoms with E-state index in [-0.39, 0.29) is 11.6 Å². The van der Waals surface area contributed by atoms with Gasteiger partial charge in [-0.25, -0.2) is 0 Å². The zero-order valence-corrected chi connectivity index (χ0v) is 23.5. The number of aryl methyl sites for hydroxylation is 2. The predicted molar refractivity (Wildman–Crippen MR) is 162 cm³/mol. The van der Waals surface area contributed by atoms with Gasteiger partial charge in [0.1, 0.15) is 11.6 Å². The summed E-state index contributed by atoms with van der Waals surface area (Å²) in [5, 5.41) is 15.9. The van der Waals surface area contributed by atoms with Crippen molar-refractivity contribution in [3.05, 3.63) is 96.6 Å². The fourth-order valence-corrected chi connectivity index (χ4v) is 3.27. The van der Waals surface area contributed by atoms with Gasteiger partial charge in [0.25, 0.3) is 0 Å². The molecule has 2 unspecified atom stereocenters. The first kappa shape index (κ1) is 34.9. The summed E-state index contributed by atoms with van der Waals surface area (Å²) in [7, 11) is 0.